The fraction of sp³-hybridized carbons (Fsp3) is 0.276. The minimum Gasteiger partial charge on any atom is -0.454 e. The van der Waals surface area contributed by atoms with E-state index < -0.39 is 24.0 Å². The largest absolute Gasteiger partial charge is 0.454 e. The Morgan fingerprint density at radius 3 is 2.53 bits per heavy atom. The second-order valence-electron chi connectivity index (χ2n) is 9.29. The van der Waals surface area contributed by atoms with Gasteiger partial charge in [-0.1, -0.05) is 37.6 Å². The van der Waals surface area contributed by atoms with Crippen LogP contribution in [0, 0.1) is 18.2 Å². The molecule has 4 aromatic rings. The molecule has 2 aromatic heterocycles. The van der Waals surface area contributed by atoms with Crippen molar-refractivity contribution in [1.29, 1.82) is 0 Å². The van der Waals surface area contributed by atoms with Crippen LogP contribution >= 0.6 is 0 Å². The highest BCUT2D eigenvalue weighted by Crippen LogP contribution is 2.53. The summed E-state index contributed by atoms with van der Waals surface area (Å²) in [7, 11) is 1.97. The molecule has 0 saturated heterocycles. The van der Waals surface area contributed by atoms with Gasteiger partial charge in [-0.3, -0.25) is 0 Å². The van der Waals surface area contributed by atoms with Crippen molar-refractivity contribution in [2.75, 3.05) is 0 Å². The van der Waals surface area contributed by atoms with Gasteiger partial charge in [0.1, 0.15) is 24.0 Å². The van der Waals surface area contributed by atoms with E-state index in [1.807, 2.05) is 68.9 Å². The van der Waals surface area contributed by atoms with Gasteiger partial charge < -0.3 is 4.42 Å². The van der Waals surface area contributed by atoms with Crippen LogP contribution in [-0.4, -0.2) is 0 Å². The van der Waals surface area contributed by atoms with E-state index in [1.54, 1.807) is 12.1 Å². The predicted octanol–water partition coefficient (Wildman–Crippen LogP) is 7.43. The molecule has 0 amide bonds. The molecule has 0 aliphatic heterocycles. The van der Waals surface area contributed by atoms with Crippen molar-refractivity contribution >= 4 is 27.5 Å². The van der Waals surface area contributed by atoms with Gasteiger partial charge in [0.05, 0.1) is 11.1 Å². The van der Waals surface area contributed by atoms with Crippen molar-refractivity contribution in [3.8, 4) is 11.3 Å². The normalized spacial score (nSPS) is 22.5. The maximum atomic E-state index is 15.7. The summed E-state index contributed by atoms with van der Waals surface area (Å²) in [5.41, 5.74) is 4.42. The molecule has 0 N–H and O–H groups in total. The molecule has 2 aromatic carbocycles. The summed E-state index contributed by atoms with van der Waals surface area (Å²) in [6.07, 6.45) is -0.238. The van der Waals surface area contributed by atoms with E-state index in [0.29, 0.717) is 22.3 Å². The van der Waals surface area contributed by atoms with Crippen LogP contribution in [0.5, 0.6) is 0 Å². The van der Waals surface area contributed by atoms with E-state index in [1.165, 1.54) is 6.07 Å². The van der Waals surface area contributed by atoms with Crippen molar-refractivity contribution in [3.05, 3.63) is 82.8 Å². The zero-order chi connectivity index (χ0) is 25.8. The molecule has 0 fully saturated rings. The number of rotatable bonds is 2. The summed E-state index contributed by atoms with van der Waals surface area (Å²) >= 11 is 0. The van der Waals surface area contributed by atoms with Crippen molar-refractivity contribution in [1.82, 2.24) is 0 Å². The first kappa shape index (κ1) is 15.6. The minimum absolute atomic E-state index is 0.199. The van der Waals surface area contributed by atoms with Gasteiger partial charge in [0.25, 0.3) is 0 Å². The number of pyridine rings is 1. The quantitative estimate of drug-likeness (QED) is 0.303. The second-order valence-corrected chi connectivity index (χ2v) is 9.29. The highest BCUT2D eigenvalue weighted by atomic mass is 19.1. The molecule has 0 radical (unpaired) electrons. The van der Waals surface area contributed by atoms with Gasteiger partial charge >= 0.3 is 0 Å². The lowest BCUT2D eigenvalue weighted by atomic mass is 9.86. The Hall–Kier alpha value is -3.20. The second kappa shape index (κ2) is 6.65. The van der Waals surface area contributed by atoms with Crippen LogP contribution in [0.25, 0.3) is 38.8 Å². The van der Waals surface area contributed by atoms with E-state index in [4.69, 9.17) is 9.90 Å². The SMILES string of the molecule is [2H]C1([2H])CC([2H])([2H])C2=C1C(c1c(F)ccc3c1oc1c(-c4cccc[n+]4C)c(C)ccc13)=CC2(C)C. The Morgan fingerprint density at radius 2 is 1.75 bits per heavy atom. The number of aryl methyl sites for hydroxylation is 2. The predicted molar refractivity (Wildman–Crippen MR) is 128 cm³/mol. The van der Waals surface area contributed by atoms with Gasteiger partial charge in [-0.2, -0.15) is 0 Å². The Labute approximate surface area is 193 Å². The van der Waals surface area contributed by atoms with Gasteiger partial charge in [0.15, 0.2) is 6.20 Å². The van der Waals surface area contributed by atoms with Gasteiger partial charge in [0, 0.05) is 33.8 Å². The number of aromatic nitrogens is 1. The molecule has 0 bridgehead atoms. The number of nitrogens with zero attached hydrogens (tertiary/aromatic N) is 1. The molecule has 2 aliphatic carbocycles. The van der Waals surface area contributed by atoms with E-state index in [0.717, 1.165) is 27.6 Å². The van der Waals surface area contributed by atoms with Crippen LogP contribution < -0.4 is 4.57 Å². The van der Waals surface area contributed by atoms with Gasteiger partial charge in [-0.15, -0.1) is 0 Å². The topological polar surface area (TPSA) is 17.0 Å². The van der Waals surface area contributed by atoms with E-state index in [-0.39, 0.29) is 17.6 Å². The first-order valence-corrected chi connectivity index (χ1v) is 10.9. The smallest absolute Gasteiger partial charge is 0.216 e. The van der Waals surface area contributed by atoms with Gasteiger partial charge in [-0.05, 0) is 61.0 Å². The number of allylic oxidation sites excluding steroid dienone is 4. The molecule has 6 rings (SSSR count). The number of hydrogen-bond donors (Lipinski definition) is 0. The number of fused-ring (bicyclic) bond motifs is 3. The molecule has 2 aliphatic rings. The molecule has 160 valence electrons. The number of benzene rings is 2. The average Bonchev–Trinajstić information content (AvgIpc) is 3.35. The summed E-state index contributed by atoms with van der Waals surface area (Å²) in [5.74, 6) is -0.510. The van der Waals surface area contributed by atoms with Gasteiger partial charge in [-0.25, -0.2) is 8.96 Å². The van der Waals surface area contributed by atoms with Crippen molar-refractivity contribution in [3.63, 3.8) is 0 Å². The van der Waals surface area contributed by atoms with Crippen LogP contribution in [0.1, 0.15) is 49.6 Å². The zero-order valence-corrected chi connectivity index (χ0v) is 18.6. The standard InChI is InChI=1S/C29H27FNO/c1-17-11-12-19-20-13-14-23(30)26(21-16-29(2,3)22-9-7-8-18(21)22)28(20)32-27(19)25(17)24-10-5-6-15-31(24)4/h5-6,10-16H,7-9H2,1-4H3/q+1/i8D2,9D2. The maximum Gasteiger partial charge on any atom is 0.216 e. The summed E-state index contributed by atoms with van der Waals surface area (Å²) in [6.45, 7) is 5.74. The Bertz CT molecular complexity index is 1680. The van der Waals surface area contributed by atoms with Gasteiger partial charge in [0.2, 0.25) is 5.69 Å². The number of hydrogen-bond acceptors (Lipinski definition) is 1. The van der Waals surface area contributed by atoms with Crippen molar-refractivity contribution < 1.29 is 18.9 Å². The first-order chi connectivity index (χ1) is 16.8. The first-order valence-electron chi connectivity index (χ1n) is 12.9. The molecule has 3 heteroatoms. The molecule has 32 heavy (non-hydrogen) atoms. The third-order valence-corrected chi connectivity index (χ3v) is 6.75. The average molecular weight is 429 g/mol. The lowest BCUT2D eigenvalue weighted by molar-refractivity contribution is -0.660. The molecule has 0 unspecified atom stereocenters. The van der Waals surface area contributed by atoms with Crippen LogP contribution in [-0.2, 0) is 7.05 Å². The molecule has 0 atom stereocenters. The summed E-state index contributed by atoms with van der Waals surface area (Å²) in [6, 6.07) is 13.1. The lowest BCUT2D eigenvalue weighted by Gasteiger charge is -2.18. The van der Waals surface area contributed by atoms with Crippen molar-refractivity contribution in [2.45, 2.75) is 39.9 Å². The zero-order valence-electron chi connectivity index (χ0n) is 22.6. The molecule has 0 spiro atoms. The Morgan fingerprint density at radius 1 is 1.00 bits per heavy atom. The Kier molecular flexibility index (Phi) is 3.24. The lowest BCUT2D eigenvalue weighted by Crippen LogP contribution is -2.30. The highest BCUT2D eigenvalue weighted by molar-refractivity contribution is 6.13. The summed E-state index contributed by atoms with van der Waals surface area (Å²) in [4.78, 5) is 0. The monoisotopic (exact) mass is 428 g/mol. The number of halogens is 1. The van der Waals surface area contributed by atoms with Crippen LogP contribution in [0.2, 0.25) is 0 Å². The van der Waals surface area contributed by atoms with E-state index in [9.17, 15) is 0 Å². The Balaban J connectivity index is 1.70. The van der Waals surface area contributed by atoms with Crippen LogP contribution in [0.4, 0.5) is 4.39 Å². The molecule has 2 heterocycles. The van der Waals surface area contributed by atoms with Crippen LogP contribution in [0.15, 0.2) is 70.3 Å². The third kappa shape index (κ3) is 2.60. The molecule has 0 saturated carbocycles. The van der Waals surface area contributed by atoms with E-state index in [2.05, 4.69) is 0 Å². The maximum absolute atomic E-state index is 15.7. The summed E-state index contributed by atoms with van der Waals surface area (Å²) in [5, 5.41) is 1.60. The van der Waals surface area contributed by atoms with E-state index >= 15 is 4.39 Å². The molecular weight excluding hydrogens is 397 g/mol. The molecular formula is C29H27FNO+. The molecule has 2 nitrogen and oxygen atoms in total. The highest BCUT2D eigenvalue weighted by Gasteiger charge is 2.37. The fourth-order valence-electron chi connectivity index (χ4n) is 5.21. The summed E-state index contributed by atoms with van der Waals surface area (Å²) < 4.78 is 58.7. The third-order valence-electron chi connectivity index (χ3n) is 6.75. The fourth-order valence-corrected chi connectivity index (χ4v) is 5.21. The minimum atomic E-state index is -1.92. The van der Waals surface area contributed by atoms with Crippen LogP contribution in [0.3, 0.4) is 0 Å². The number of furan rings is 1. The van der Waals surface area contributed by atoms with Crippen molar-refractivity contribution in [2.24, 2.45) is 12.5 Å².